The van der Waals surface area contributed by atoms with Crippen molar-refractivity contribution in [3.05, 3.63) is 97.2 Å². The van der Waals surface area contributed by atoms with Gasteiger partial charge in [0.25, 0.3) is 0 Å². The van der Waals surface area contributed by atoms with Gasteiger partial charge in [-0.2, -0.15) is 0 Å². The molecule has 0 radical (unpaired) electrons. The van der Waals surface area contributed by atoms with E-state index in [1.807, 2.05) is 6.08 Å². The molecule has 1 amide bonds. The van der Waals surface area contributed by atoms with E-state index >= 15 is 0 Å². The summed E-state index contributed by atoms with van der Waals surface area (Å²) in [5.74, 6) is -0.661. The smallest absolute Gasteiger partial charge is 0.306 e. The molecule has 0 aromatic carbocycles. The number of aliphatic hydroxyl groups is 2. The predicted octanol–water partition coefficient (Wildman–Crippen LogP) is 15.3. The Morgan fingerprint density at radius 3 is 1.40 bits per heavy atom. The van der Waals surface area contributed by atoms with Crippen LogP contribution < -0.4 is 5.32 Å². The number of aliphatic hydroxyl groups excluding tert-OH is 2. The summed E-state index contributed by atoms with van der Waals surface area (Å²) in [6.07, 6.45) is 64.9. The van der Waals surface area contributed by atoms with Crippen LogP contribution in [-0.2, 0) is 14.3 Å². The number of ether oxygens (including phenoxy) is 1. The van der Waals surface area contributed by atoms with Gasteiger partial charge in [0, 0.05) is 6.42 Å². The van der Waals surface area contributed by atoms with Gasteiger partial charge >= 0.3 is 5.97 Å². The molecule has 0 heterocycles. The lowest BCUT2D eigenvalue weighted by Gasteiger charge is -2.23. The van der Waals surface area contributed by atoms with Gasteiger partial charge in [-0.15, -0.1) is 0 Å². The fourth-order valence-corrected chi connectivity index (χ4v) is 7.04. The van der Waals surface area contributed by atoms with E-state index in [1.54, 1.807) is 6.08 Å². The van der Waals surface area contributed by atoms with Gasteiger partial charge in [0.2, 0.25) is 5.91 Å². The van der Waals surface area contributed by atoms with Crippen LogP contribution in [0, 0.1) is 0 Å². The van der Waals surface area contributed by atoms with Crippen LogP contribution in [0.3, 0.4) is 0 Å². The first kappa shape index (κ1) is 58.8. The average Bonchev–Trinajstić information content (AvgIpc) is 3.26. The molecule has 6 nitrogen and oxygen atoms in total. The van der Waals surface area contributed by atoms with Crippen molar-refractivity contribution in [1.82, 2.24) is 5.32 Å². The van der Waals surface area contributed by atoms with Crippen LogP contribution in [0.15, 0.2) is 97.2 Å². The molecule has 0 bridgehead atoms. The third-order valence-electron chi connectivity index (χ3n) is 10.9. The number of hydrogen-bond acceptors (Lipinski definition) is 5. The maximum absolute atomic E-state index is 13.2. The maximum Gasteiger partial charge on any atom is 0.306 e. The largest absolute Gasteiger partial charge is 0.458 e. The molecule has 0 rings (SSSR count). The first-order valence-corrected chi connectivity index (χ1v) is 25.5. The van der Waals surface area contributed by atoms with E-state index < -0.39 is 18.2 Å². The molecule has 62 heavy (non-hydrogen) atoms. The Labute approximate surface area is 382 Å². The molecule has 0 aromatic heterocycles. The van der Waals surface area contributed by atoms with E-state index in [0.29, 0.717) is 19.3 Å². The van der Waals surface area contributed by atoms with Crippen molar-refractivity contribution in [1.29, 1.82) is 0 Å². The van der Waals surface area contributed by atoms with Gasteiger partial charge in [-0.3, -0.25) is 9.59 Å². The summed E-state index contributed by atoms with van der Waals surface area (Å²) < 4.78 is 5.81. The number of carbonyl (C=O) groups excluding carboxylic acids is 2. The summed E-state index contributed by atoms with van der Waals surface area (Å²) in [6, 6.07) is -0.751. The van der Waals surface area contributed by atoms with Crippen LogP contribution in [0.1, 0.15) is 220 Å². The molecule has 0 aliphatic rings. The molecule has 6 heteroatoms. The van der Waals surface area contributed by atoms with E-state index in [4.69, 9.17) is 4.74 Å². The highest BCUT2D eigenvalue weighted by molar-refractivity contribution is 5.78. The summed E-state index contributed by atoms with van der Waals surface area (Å²) in [5.41, 5.74) is 0. The Morgan fingerprint density at radius 2 is 0.903 bits per heavy atom. The fourth-order valence-electron chi connectivity index (χ4n) is 7.04. The maximum atomic E-state index is 13.2. The molecule has 3 N–H and O–H groups in total. The summed E-state index contributed by atoms with van der Waals surface area (Å²) in [7, 11) is 0. The van der Waals surface area contributed by atoms with Gasteiger partial charge in [-0.25, -0.2) is 0 Å². The van der Waals surface area contributed by atoms with E-state index in [9.17, 15) is 19.8 Å². The van der Waals surface area contributed by atoms with Crippen LogP contribution in [0.2, 0.25) is 0 Å². The Kier molecular flexibility index (Phi) is 46.3. The topological polar surface area (TPSA) is 95.9 Å². The average molecular weight is 862 g/mol. The van der Waals surface area contributed by atoms with Crippen molar-refractivity contribution in [2.45, 2.75) is 238 Å². The third kappa shape index (κ3) is 43.4. The Morgan fingerprint density at radius 1 is 0.500 bits per heavy atom. The van der Waals surface area contributed by atoms with Crippen molar-refractivity contribution in [3.8, 4) is 0 Å². The second-order valence-electron chi connectivity index (χ2n) is 16.8. The van der Waals surface area contributed by atoms with Crippen LogP contribution in [0.25, 0.3) is 0 Å². The predicted molar refractivity (Wildman–Crippen MR) is 268 cm³/mol. The lowest BCUT2D eigenvalue weighted by molar-refractivity contribution is -0.148. The normalized spacial score (nSPS) is 14.1. The van der Waals surface area contributed by atoms with Crippen molar-refractivity contribution in [2.24, 2.45) is 0 Å². The third-order valence-corrected chi connectivity index (χ3v) is 10.9. The minimum absolute atomic E-state index is 0.0600. The zero-order valence-corrected chi connectivity index (χ0v) is 40.2. The van der Waals surface area contributed by atoms with Crippen molar-refractivity contribution >= 4 is 11.9 Å². The molecule has 0 saturated carbocycles. The first-order chi connectivity index (χ1) is 30.5. The molecule has 0 aliphatic carbocycles. The molecule has 0 saturated heterocycles. The Hall–Kier alpha value is -3.22. The van der Waals surface area contributed by atoms with E-state index in [1.165, 1.54) is 83.5 Å². The SMILES string of the molecule is CC/C=C/C/C=C/C/C=C/C/C=C/C/C=C/C(CC(=O)NC(CO)C(O)CCCCCCCCCCCCCC)OC(=O)CCCCCC/C=C\C/C=C\C/C=C\CCCCC. The zero-order valence-electron chi connectivity index (χ0n) is 40.2. The highest BCUT2D eigenvalue weighted by Gasteiger charge is 2.23. The van der Waals surface area contributed by atoms with Gasteiger partial charge in [-0.1, -0.05) is 215 Å². The molecule has 0 aromatic rings. The van der Waals surface area contributed by atoms with Crippen LogP contribution in [0.4, 0.5) is 0 Å². The van der Waals surface area contributed by atoms with Gasteiger partial charge in [-0.05, 0) is 89.5 Å². The monoisotopic (exact) mass is 862 g/mol. The number of nitrogens with one attached hydrogen (secondary N) is 1. The number of hydrogen-bond donors (Lipinski definition) is 3. The number of carbonyl (C=O) groups is 2. The van der Waals surface area contributed by atoms with Gasteiger partial charge < -0.3 is 20.3 Å². The fraction of sp³-hybridized carbons (Fsp3) is 0.679. The lowest BCUT2D eigenvalue weighted by atomic mass is 10.0. The molecule has 0 fully saturated rings. The van der Waals surface area contributed by atoms with E-state index in [-0.39, 0.29) is 24.9 Å². The Bertz CT molecular complexity index is 1240. The second-order valence-corrected chi connectivity index (χ2v) is 16.8. The molecule has 0 spiro atoms. The summed E-state index contributed by atoms with van der Waals surface area (Å²) >= 11 is 0. The molecular weight excluding hydrogens is 767 g/mol. The highest BCUT2D eigenvalue weighted by atomic mass is 16.5. The van der Waals surface area contributed by atoms with Crippen molar-refractivity contribution in [3.63, 3.8) is 0 Å². The highest BCUT2D eigenvalue weighted by Crippen LogP contribution is 2.15. The summed E-state index contributed by atoms with van der Waals surface area (Å²) in [6.45, 7) is 6.28. The lowest BCUT2D eigenvalue weighted by Crippen LogP contribution is -2.46. The second kappa shape index (κ2) is 48.8. The minimum atomic E-state index is -0.827. The van der Waals surface area contributed by atoms with Crippen molar-refractivity contribution < 1.29 is 24.5 Å². The quantitative estimate of drug-likeness (QED) is 0.0322. The number of rotatable bonds is 44. The molecule has 3 unspecified atom stereocenters. The number of unbranched alkanes of at least 4 members (excludes halogenated alkanes) is 18. The molecular formula is C56H95NO5. The van der Waals surface area contributed by atoms with Gasteiger partial charge in [0.15, 0.2) is 0 Å². The van der Waals surface area contributed by atoms with Crippen molar-refractivity contribution in [2.75, 3.05) is 6.61 Å². The number of amides is 1. The zero-order chi connectivity index (χ0) is 45.2. The molecule has 3 atom stereocenters. The van der Waals surface area contributed by atoms with Crippen LogP contribution >= 0.6 is 0 Å². The molecule has 0 aliphatic heterocycles. The van der Waals surface area contributed by atoms with E-state index in [0.717, 1.165) is 89.9 Å². The molecule has 354 valence electrons. The first-order valence-electron chi connectivity index (χ1n) is 25.5. The van der Waals surface area contributed by atoms with Gasteiger partial charge in [0.05, 0.1) is 25.2 Å². The minimum Gasteiger partial charge on any atom is -0.458 e. The standard InChI is InChI=1S/C56H95NO5/c1-4-7-10-13-16-19-22-25-27-28-29-31-34-37-40-43-46-49-56(61)62-52(47-44-41-38-35-32-30-26-23-20-17-14-11-8-5-2)50-55(60)57-53(51-58)54(59)48-45-42-39-36-33-24-21-18-15-12-9-6-3/h8,11,16-17,19-20,25-27,29-31,35,38,44,47,52-54,58-59H,4-7,9-10,12-15,18,21-24,28,32-34,36-37,39-43,45-46,48-51H2,1-3H3,(H,57,60)/b11-8+,19-16-,20-17+,27-25-,30-26+,31-29-,38-35+,47-44+. The van der Waals surface area contributed by atoms with Crippen LogP contribution in [-0.4, -0.2) is 46.9 Å². The number of esters is 1. The van der Waals surface area contributed by atoms with E-state index in [2.05, 4.69) is 111 Å². The summed E-state index contributed by atoms with van der Waals surface area (Å²) in [5, 5.41) is 23.7. The summed E-state index contributed by atoms with van der Waals surface area (Å²) in [4.78, 5) is 26.1. The van der Waals surface area contributed by atoms with Crippen LogP contribution in [0.5, 0.6) is 0 Å². The van der Waals surface area contributed by atoms with Gasteiger partial charge in [0.1, 0.15) is 6.10 Å². The number of allylic oxidation sites excluding steroid dienone is 15. The Balaban J connectivity index is 4.78.